The van der Waals surface area contributed by atoms with Crippen LogP contribution in [-0.2, 0) is 0 Å². The van der Waals surface area contributed by atoms with Crippen molar-refractivity contribution in [3.63, 3.8) is 0 Å². The van der Waals surface area contributed by atoms with Crippen molar-refractivity contribution in [3.8, 4) is 0 Å². The molecule has 0 aromatic carbocycles. The van der Waals surface area contributed by atoms with Gasteiger partial charge in [-0.1, -0.05) is 0 Å². The Morgan fingerprint density at radius 2 is 2.18 bits per heavy atom. The van der Waals surface area contributed by atoms with Crippen molar-refractivity contribution in [2.24, 2.45) is 5.92 Å². The number of hydrogen-bond acceptors (Lipinski definition) is 1. The molecule has 1 aliphatic carbocycles. The molecular weight excluding hydrogens is 162 g/mol. The van der Waals surface area contributed by atoms with Crippen molar-refractivity contribution >= 4 is 17.0 Å². The van der Waals surface area contributed by atoms with Crippen molar-refractivity contribution in [2.75, 3.05) is 6.54 Å². The van der Waals surface area contributed by atoms with Crippen molar-refractivity contribution in [1.29, 1.82) is 0 Å². The Bertz CT molecular complexity index is 154. The summed E-state index contributed by atoms with van der Waals surface area (Å²) in [6.07, 6.45) is 2.51. The minimum atomic E-state index is -0.313. The highest BCUT2D eigenvalue weighted by atomic mass is 35.5. The van der Waals surface area contributed by atoms with E-state index in [1.165, 1.54) is 12.8 Å². The van der Waals surface area contributed by atoms with Crippen LogP contribution >= 0.6 is 11.6 Å². The van der Waals surface area contributed by atoms with Crippen LogP contribution in [0, 0.1) is 5.92 Å². The van der Waals surface area contributed by atoms with Gasteiger partial charge in [0.25, 0.3) is 0 Å². The third-order valence-electron chi connectivity index (χ3n) is 2.00. The fourth-order valence-electron chi connectivity index (χ4n) is 1.06. The molecular formula is C8H14ClNO. The Morgan fingerprint density at radius 1 is 1.64 bits per heavy atom. The predicted octanol–water partition coefficient (Wildman–Crippen LogP) is 2.47. The SMILES string of the molecule is CC(C)N(CC1CC1)C(=O)Cl. The van der Waals surface area contributed by atoms with E-state index < -0.39 is 0 Å². The van der Waals surface area contributed by atoms with E-state index in [0.717, 1.165) is 12.5 Å². The fraction of sp³-hybridized carbons (Fsp3) is 0.875. The molecule has 1 amide bonds. The molecule has 0 heterocycles. The summed E-state index contributed by atoms with van der Waals surface area (Å²) in [6, 6.07) is 0.237. The highest BCUT2D eigenvalue weighted by molar-refractivity contribution is 6.62. The van der Waals surface area contributed by atoms with Gasteiger partial charge in [-0.15, -0.1) is 0 Å². The summed E-state index contributed by atoms with van der Waals surface area (Å²) in [4.78, 5) is 12.6. The molecule has 0 saturated heterocycles. The minimum Gasteiger partial charge on any atom is -0.327 e. The molecule has 2 nitrogen and oxygen atoms in total. The number of rotatable bonds is 3. The lowest BCUT2D eigenvalue weighted by Gasteiger charge is -2.23. The first kappa shape index (κ1) is 8.85. The third-order valence-corrected chi connectivity index (χ3v) is 2.22. The standard InChI is InChI=1S/C8H14ClNO/c1-6(2)10(8(9)11)5-7-3-4-7/h6-7H,3-5H2,1-2H3. The van der Waals surface area contributed by atoms with E-state index in [1.807, 2.05) is 13.8 Å². The minimum absolute atomic E-state index is 0.237. The quantitative estimate of drug-likeness (QED) is 0.477. The molecule has 1 rings (SSSR count). The molecule has 64 valence electrons. The maximum absolute atomic E-state index is 10.8. The summed E-state index contributed by atoms with van der Waals surface area (Å²) in [5.74, 6) is 0.722. The van der Waals surface area contributed by atoms with Crippen molar-refractivity contribution in [3.05, 3.63) is 0 Å². The second-order valence-corrected chi connectivity index (χ2v) is 3.77. The van der Waals surface area contributed by atoms with Gasteiger partial charge in [-0.3, -0.25) is 4.79 Å². The van der Waals surface area contributed by atoms with E-state index in [0.29, 0.717) is 0 Å². The molecule has 0 bridgehead atoms. The largest absolute Gasteiger partial charge is 0.327 e. The molecule has 0 unspecified atom stereocenters. The molecule has 3 heteroatoms. The van der Waals surface area contributed by atoms with E-state index in [9.17, 15) is 4.79 Å². The summed E-state index contributed by atoms with van der Waals surface area (Å²) in [5.41, 5.74) is 0. The van der Waals surface area contributed by atoms with Gasteiger partial charge in [-0.2, -0.15) is 0 Å². The Kier molecular flexibility index (Phi) is 2.77. The topological polar surface area (TPSA) is 20.3 Å². The van der Waals surface area contributed by atoms with Gasteiger partial charge in [-0.05, 0) is 44.2 Å². The first-order chi connectivity index (χ1) is 5.11. The van der Waals surface area contributed by atoms with Crippen LogP contribution < -0.4 is 0 Å². The number of carbonyl (C=O) groups excluding carboxylic acids is 1. The zero-order valence-electron chi connectivity index (χ0n) is 7.01. The van der Waals surface area contributed by atoms with Crippen LogP contribution in [-0.4, -0.2) is 22.9 Å². The first-order valence-electron chi connectivity index (χ1n) is 4.07. The Hall–Kier alpha value is -0.240. The second-order valence-electron chi connectivity index (χ2n) is 3.44. The number of halogens is 1. The number of carbonyl (C=O) groups is 1. The molecule has 1 fully saturated rings. The molecule has 0 aromatic rings. The van der Waals surface area contributed by atoms with Gasteiger partial charge in [0, 0.05) is 12.6 Å². The summed E-state index contributed by atoms with van der Waals surface area (Å²) in [6.45, 7) is 4.82. The molecule has 0 radical (unpaired) electrons. The third kappa shape index (κ3) is 2.70. The lowest BCUT2D eigenvalue weighted by Crippen LogP contribution is -2.34. The van der Waals surface area contributed by atoms with Crippen LogP contribution in [0.5, 0.6) is 0 Å². The van der Waals surface area contributed by atoms with E-state index in [-0.39, 0.29) is 11.4 Å². The zero-order valence-corrected chi connectivity index (χ0v) is 7.77. The lowest BCUT2D eigenvalue weighted by atomic mass is 10.3. The lowest BCUT2D eigenvalue weighted by molar-refractivity contribution is 0.204. The number of amides is 1. The molecule has 1 saturated carbocycles. The molecule has 0 atom stereocenters. The van der Waals surface area contributed by atoms with Gasteiger partial charge in [0.05, 0.1) is 0 Å². The van der Waals surface area contributed by atoms with Gasteiger partial charge < -0.3 is 4.90 Å². The average molecular weight is 176 g/mol. The summed E-state index contributed by atoms with van der Waals surface area (Å²) < 4.78 is 0. The molecule has 0 spiro atoms. The summed E-state index contributed by atoms with van der Waals surface area (Å²) >= 11 is 5.40. The van der Waals surface area contributed by atoms with Crippen LogP contribution in [0.2, 0.25) is 0 Å². The fourth-order valence-corrected chi connectivity index (χ4v) is 1.33. The van der Waals surface area contributed by atoms with Crippen LogP contribution in [0.25, 0.3) is 0 Å². The van der Waals surface area contributed by atoms with Gasteiger partial charge in [0.2, 0.25) is 0 Å². The van der Waals surface area contributed by atoms with E-state index in [4.69, 9.17) is 11.6 Å². The van der Waals surface area contributed by atoms with E-state index >= 15 is 0 Å². The zero-order chi connectivity index (χ0) is 8.43. The smallest absolute Gasteiger partial charge is 0.316 e. The Labute approximate surface area is 72.5 Å². The van der Waals surface area contributed by atoms with Gasteiger partial charge in [0.1, 0.15) is 0 Å². The van der Waals surface area contributed by atoms with Crippen LogP contribution in [0.3, 0.4) is 0 Å². The van der Waals surface area contributed by atoms with Crippen molar-refractivity contribution in [2.45, 2.75) is 32.7 Å². The van der Waals surface area contributed by atoms with Crippen LogP contribution in [0.1, 0.15) is 26.7 Å². The molecule has 0 N–H and O–H groups in total. The van der Waals surface area contributed by atoms with Crippen LogP contribution in [0.15, 0.2) is 0 Å². The molecule has 1 aliphatic rings. The monoisotopic (exact) mass is 175 g/mol. The summed E-state index contributed by atoms with van der Waals surface area (Å²) in [7, 11) is 0. The van der Waals surface area contributed by atoms with Crippen molar-refractivity contribution in [1.82, 2.24) is 4.90 Å². The molecule has 0 aliphatic heterocycles. The highest BCUT2D eigenvalue weighted by Gasteiger charge is 2.27. The van der Waals surface area contributed by atoms with Crippen LogP contribution in [0.4, 0.5) is 4.79 Å². The maximum atomic E-state index is 10.8. The van der Waals surface area contributed by atoms with E-state index in [2.05, 4.69) is 0 Å². The van der Waals surface area contributed by atoms with Gasteiger partial charge in [0.15, 0.2) is 0 Å². The van der Waals surface area contributed by atoms with Gasteiger partial charge >= 0.3 is 5.37 Å². The average Bonchev–Trinajstić information content (AvgIpc) is 2.63. The Morgan fingerprint density at radius 3 is 2.45 bits per heavy atom. The first-order valence-corrected chi connectivity index (χ1v) is 4.45. The maximum Gasteiger partial charge on any atom is 0.316 e. The second kappa shape index (κ2) is 3.44. The number of hydrogen-bond donors (Lipinski definition) is 0. The molecule has 0 aromatic heterocycles. The van der Waals surface area contributed by atoms with E-state index in [1.54, 1.807) is 4.90 Å². The number of nitrogens with zero attached hydrogens (tertiary/aromatic N) is 1. The normalized spacial score (nSPS) is 17.1. The summed E-state index contributed by atoms with van der Waals surface area (Å²) in [5, 5.41) is -0.313. The Balaban J connectivity index is 2.37. The van der Waals surface area contributed by atoms with Gasteiger partial charge in [-0.25, -0.2) is 0 Å². The highest BCUT2D eigenvalue weighted by Crippen LogP contribution is 2.30. The molecule has 11 heavy (non-hydrogen) atoms. The predicted molar refractivity (Wildman–Crippen MR) is 45.8 cm³/mol. The van der Waals surface area contributed by atoms with Crippen molar-refractivity contribution < 1.29 is 4.79 Å².